The second-order valence-electron chi connectivity index (χ2n) is 5.71. The Hall–Kier alpha value is -1.60. The zero-order valence-electron chi connectivity index (χ0n) is 14.2. The number of methoxy groups -OCH3 is 2. The van der Waals surface area contributed by atoms with E-state index in [9.17, 15) is 4.79 Å². The normalized spacial score (nSPS) is 16.0. The molecule has 24 heavy (non-hydrogen) atoms. The number of nitrogens with one attached hydrogen (secondary N) is 1. The smallest absolute Gasteiger partial charge is 0.254 e. The van der Waals surface area contributed by atoms with E-state index in [4.69, 9.17) is 9.47 Å². The first-order valence-corrected chi connectivity index (χ1v) is 8.89. The summed E-state index contributed by atoms with van der Waals surface area (Å²) in [6.07, 6.45) is 6.40. The molecule has 1 N–H and O–H groups in total. The molecule has 1 aromatic carbocycles. The molecule has 1 heterocycles. The largest absolute Gasteiger partial charge is 0.496 e. The number of hydrogen-bond acceptors (Lipinski definition) is 5. The van der Waals surface area contributed by atoms with Crippen LogP contribution >= 0.6 is 15.9 Å². The van der Waals surface area contributed by atoms with E-state index < -0.39 is 0 Å². The molecule has 0 saturated carbocycles. The van der Waals surface area contributed by atoms with Crippen molar-refractivity contribution < 1.29 is 14.3 Å². The molecular weight excluding hydrogens is 374 g/mol. The summed E-state index contributed by atoms with van der Waals surface area (Å²) >= 11 is 3.43. The Kier molecular flexibility index (Phi) is 7.52. The fourth-order valence-electron chi connectivity index (χ4n) is 2.69. The predicted octanol–water partition coefficient (Wildman–Crippen LogP) is 2.79. The Bertz CT molecular complexity index is 585. The Morgan fingerprint density at radius 2 is 1.88 bits per heavy atom. The van der Waals surface area contributed by atoms with Gasteiger partial charge < -0.3 is 9.47 Å². The summed E-state index contributed by atoms with van der Waals surface area (Å²) in [5.74, 6) is 1.20. The molecule has 1 amide bonds. The lowest BCUT2D eigenvalue weighted by Gasteiger charge is -2.17. The molecule has 132 valence electrons. The Morgan fingerprint density at radius 1 is 1.21 bits per heavy atom. The first-order chi connectivity index (χ1) is 11.6. The second-order valence-corrected chi connectivity index (χ2v) is 6.57. The molecule has 1 fully saturated rings. The summed E-state index contributed by atoms with van der Waals surface area (Å²) in [7, 11) is 3.17. The van der Waals surface area contributed by atoms with Gasteiger partial charge in [0.15, 0.2) is 0 Å². The van der Waals surface area contributed by atoms with Crippen molar-refractivity contribution in [2.24, 2.45) is 5.10 Å². The van der Waals surface area contributed by atoms with Crippen LogP contribution in [0.5, 0.6) is 11.5 Å². The molecule has 0 bridgehead atoms. The van der Waals surface area contributed by atoms with Gasteiger partial charge in [-0.2, -0.15) is 5.10 Å². The monoisotopic (exact) mass is 397 g/mol. The van der Waals surface area contributed by atoms with Crippen LogP contribution in [0.3, 0.4) is 0 Å². The molecule has 0 spiro atoms. The van der Waals surface area contributed by atoms with Gasteiger partial charge in [-0.15, -0.1) is 0 Å². The lowest BCUT2D eigenvalue weighted by Crippen LogP contribution is -2.35. The van der Waals surface area contributed by atoms with Crippen molar-refractivity contribution in [3.05, 3.63) is 22.2 Å². The highest BCUT2D eigenvalue weighted by atomic mass is 79.9. The Morgan fingerprint density at radius 3 is 2.50 bits per heavy atom. The predicted molar refractivity (Wildman–Crippen MR) is 97.9 cm³/mol. The SMILES string of the molecule is COc1cc(OC)c(/C=N\NC(=O)CN2CCCCCC2)cc1Br. The van der Waals surface area contributed by atoms with Crippen LogP contribution in [-0.4, -0.2) is 50.9 Å². The number of nitrogens with zero attached hydrogens (tertiary/aromatic N) is 2. The van der Waals surface area contributed by atoms with Crippen LogP contribution in [0.4, 0.5) is 0 Å². The zero-order chi connectivity index (χ0) is 17.4. The molecular formula is C17H24BrN3O3. The zero-order valence-corrected chi connectivity index (χ0v) is 15.8. The highest BCUT2D eigenvalue weighted by molar-refractivity contribution is 9.10. The van der Waals surface area contributed by atoms with Crippen molar-refractivity contribution in [2.75, 3.05) is 33.9 Å². The van der Waals surface area contributed by atoms with E-state index in [1.54, 1.807) is 26.5 Å². The maximum Gasteiger partial charge on any atom is 0.254 e. The number of likely N-dealkylation sites (tertiary alicyclic amines) is 1. The molecule has 2 rings (SSSR count). The standard InChI is InChI=1S/C17H24BrN3O3/c1-23-15-10-16(24-2)14(18)9-13(15)11-19-20-17(22)12-21-7-5-3-4-6-8-21/h9-11H,3-8,12H2,1-2H3,(H,20,22)/b19-11-. The van der Waals surface area contributed by atoms with Gasteiger partial charge in [0.05, 0.1) is 31.5 Å². The van der Waals surface area contributed by atoms with E-state index in [-0.39, 0.29) is 5.91 Å². The molecule has 1 saturated heterocycles. The first-order valence-electron chi connectivity index (χ1n) is 8.10. The maximum absolute atomic E-state index is 12.0. The second kappa shape index (κ2) is 9.64. The minimum absolute atomic E-state index is 0.0975. The fourth-order valence-corrected chi connectivity index (χ4v) is 3.21. The van der Waals surface area contributed by atoms with Crippen LogP contribution < -0.4 is 14.9 Å². The van der Waals surface area contributed by atoms with E-state index in [1.807, 2.05) is 6.07 Å². The van der Waals surface area contributed by atoms with Gasteiger partial charge >= 0.3 is 0 Å². The molecule has 0 radical (unpaired) electrons. The first kappa shape index (κ1) is 18.7. The average Bonchev–Trinajstić information content (AvgIpc) is 2.83. The molecule has 0 aromatic heterocycles. The van der Waals surface area contributed by atoms with Crippen LogP contribution in [0.15, 0.2) is 21.7 Å². The van der Waals surface area contributed by atoms with Gasteiger partial charge in [-0.25, -0.2) is 5.43 Å². The highest BCUT2D eigenvalue weighted by Crippen LogP contribution is 2.31. The summed E-state index contributed by atoms with van der Waals surface area (Å²) in [5.41, 5.74) is 3.34. The average molecular weight is 398 g/mol. The van der Waals surface area contributed by atoms with Crippen molar-refractivity contribution in [1.29, 1.82) is 0 Å². The van der Waals surface area contributed by atoms with Crippen LogP contribution in [-0.2, 0) is 4.79 Å². The molecule has 6 nitrogen and oxygen atoms in total. The fraction of sp³-hybridized carbons (Fsp3) is 0.529. The number of hydrazone groups is 1. The van der Waals surface area contributed by atoms with Gasteiger partial charge in [-0.05, 0) is 47.9 Å². The Labute approximate surface area is 151 Å². The number of ether oxygens (including phenoxy) is 2. The lowest BCUT2D eigenvalue weighted by atomic mass is 10.2. The number of amides is 1. The van der Waals surface area contributed by atoms with Crippen LogP contribution in [0.25, 0.3) is 0 Å². The Balaban J connectivity index is 1.93. The lowest BCUT2D eigenvalue weighted by molar-refractivity contribution is -0.122. The molecule has 0 atom stereocenters. The quantitative estimate of drug-likeness (QED) is 0.591. The van der Waals surface area contributed by atoms with Crippen LogP contribution in [0, 0.1) is 0 Å². The van der Waals surface area contributed by atoms with Gasteiger partial charge in [0.25, 0.3) is 5.91 Å². The summed E-state index contributed by atoms with van der Waals surface area (Å²) in [6.45, 7) is 2.35. The van der Waals surface area contributed by atoms with Crippen LogP contribution in [0.1, 0.15) is 31.2 Å². The summed E-state index contributed by atoms with van der Waals surface area (Å²) < 4.78 is 11.4. The van der Waals surface area contributed by atoms with E-state index in [0.29, 0.717) is 18.0 Å². The minimum atomic E-state index is -0.0975. The number of carbonyl (C=O) groups is 1. The van der Waals surface area contributed by atoms with Gasteiger partial charge in [0.2, 0.25) is 0 Å². The molecule has 7 heteroatoms. The number of halogens is 1. The van der Waals surface area contributed by atoms with Crippen molar-refractivity contribution in [3.8, 4) is 11.5 Å². The van der Waals surface area contributed by atoms with Crippen molar-refractivity contribution >= 4 is 28.1 Å². The topological polar surface area (TPSA) is 63.2 Å². The van der Waals surface area contributed by atoms with E-state index >= 15 is 0 Å². The number of rotatable bonds is 6. The van der Waals surface area contributed by atoms with Gasteiger partial charge in [-0.1, -0.05) is 12.8 Å². The minimum Gasteiger partial charge on any atom is -0.496 e. The number of hydrogen-bond donors (Lipinski definition) is 1. The van der Waals surface area contributed by atoms with Crippen molar-refractivity contribution in [3.63, 3.8) is 0 Å². The highest BCUT2D eigenvalue weighted by Gasteiger charge is 2.12. The summed E-state index contributed by atoms with van der Waals surface area (Å²) in [6, 6.07) is 3.60. The molecule has 1 aromatic rings. The molecule has 0 unspecified atom stereocenters. The van der Waals surface area contributed by atoms with Crippen LogP contribution in [0.2, 0.25) is 0 Å². The third-order valence-electron chi connectivity index (χ3n) is 3.96. The number of carbonyl (C=O) groups excluding carboxylic acids is 1. The van der Waals surface area contributed by atoms with E-state index in [0.717, 1.165) is 36.0 Å². The van der Waals surface area contributed by atoms with Gasteiger partial charge in [0, 0.05) is 11.6 Å². The van der Waals surface area contributed by atoms with Crippen molar-refractivity contribution in [1.82, 2.24) is 10.3 Å². The third kappa shape index (κ3) is 5.49. The molecule has 1 aliphatic heterocycles. The van der Waals surface area contributed by atoms with Gasteiger partial charge in [-0.3, -0.25) is 9.69 Å². The summed E-state index contributed by atoms with van der Waals surface area (Å²) in [4.78, 5) is 14.2. The van der Waals surface area contributed by atoms with E-state index in [2.05, 4.69) is 31.4 Å². The maximum atomic E-state index is 12.0. The molecule has 0 aliphatic carbocycles. The van der Waals surface area contributed by atoms with Crippen molar-refractivity contribution in [2.45, 2.75) is 25.7 Å². The molecule has 1 aliphatic rings. The van der Waals surface area contributed by atoms with E-state index in [1.165, 1.54) is 12.8 Å². The third-order valence-corrected chi connectivity index (χ3v) is 4.58. The number of benzene rings is 1. The van der Waals surface area contributed by atoms with Gasteiger partial charge in [0.1, 0.15) is 11.5 Å². The summed E-state index contributed by atoms with van der Waals surface area (Å²) in [5, 5.41) is 4.04.